The van der Waals surface area contributed by atoms with Crippen molar-refractivity contribution in [1.82, 2.24) is 15.6 Å². The summed E-state index contributed by atoms with van der Waals surface area (Å²) in [6.07, 6.45) is 7.28. The summed E-state index contributed by atoms with van der Waals surface area (Å²) in [6.45, 7) is 4.30. The molecule has 6 nitrogen and oxygen atoms in total. The molecule has 3 heterocycles. The minimum atomic E-state index is 0. The minimum Gasteiger partial charge on any atom is -0.493 e. The zero-order valence-corrected chi connectivity index (χ0v) is 20.8. The van der Waals surface area contributed by atoms with Crippen molar-refractivity contribution in [2.45, 2.75) is 38.6 Å². The minimum absolute atomic E-state index is 0. The number of rotatable bonds is 8. The van der Waals surface area contributed by atoms with E-state index < -0.39 is 0 Å². The highest BCUT2D eigenvalue weighted by molar-refractivity contribution is 14.0. The van der Waals surface area contributed by atoms with Gasteiger partial charge in [-0.15, -0.1) is 35.3 Å². The lowest BCUT2D eigenvalue weighted by molar-refractivity contribution is 0.261. The number of nitrogens with one attached hydrogen (secondary N) is 2. The molecule has 1 aliphatic rings. The van der Waals surface area contributed by atoms with E-state index in [1.54, 1.807) is 17.6 Å². The Hall–Kier alpha value is -2.07. The molecule has 0 fully saturated rings. The number of halogens is 1. The van der Waals surface area contributed by atoms with Crippen LogP contribution in [0.5, 0.6) is 5.75 Å². The van der Waals surface area contributed by atoms with Gasteiger partial charge >= 0.3 is 0 Å². The molecule has 0 saturated heterocycles. The summed E-state index contributed by atoms with van der Waals surface area (Å²) < 4.78 is 11.2. The number of thiazole rings is 1. The molecule has 8 heteroatoms. The zero-order chi connectivity index (χ0) is 20.6. The first kappa shape index (κ1) is 23.6. The van der Waals surface area contributed by atoms with E-state index in [2.05, 4.69) is 34.7 Å². The van der Waals surface area contributed by atoms with Gasteiger partial charge in [-0.2, -0.15) is 0 Å². The predicted molar refractivity (Wildman–Crippen MR) is 136 cm³/mol. The number of aliphatic imine (C=N–C) groups is 1. The third-order valence-corrected chi connectivity index (χ3v) is 6.26. The van der Waals surface area contributed by atoms with Crippen molar-refractivity contribution in [2.24, 2.45) is 4.99 Å². The summed E-state index contributed by atoms with van der Waals surface area (Å²) in [6, 6.07) is 12.3. The van der Waals surface area contributed by atoms with E-state index in [0.717, 1.165) is 54.7 Å². The van der Waals surface area contributed by atoms with Crippen LogP contribution in [0.15, 0.2) is 58.3 Å². The van der Waals surface area contributed by atoms with Crippen LogP contribution < -0.4 is 15.4 Å². The number of fused-ring (bicyclic) bond motifs is 1. The van der Waals surface area contributed by atoms with Crippen LogP contribution in [0.2, 0.25) is 0 Å². The maximum absolute atomic E-state index is 5.80. The number of hydrogen-bond acceptors (Lipinski definition) is 5. The Bertz CT molecular complexity index is 958. The molecule has 0 bridgehead atoms. The Morgan fingerprint density at radius 2 is 2.13 bits per heavy atom. The van der Waals surface area contributed by atoms with Crippen molar-refractivity contribution in [3.05, 3.63) is 70.1 Å². The van der Waals surface area contributed by atoms with Gasteiger partial charge in [0, 0.05) is 49.0 Å². The molecule has 1 unspecified atom stereocenters. The molecule has 166 valence electrons. The SMILES string of the molecule is CCc1cnc(CCN=C(NCCc2ccco2)NC2CCOc3ccccc32)s1.I. The fraction of sp³-hybridized carbons (Fsp3) is 0.391. The second kappa shape index (κ2) is 12.1. The summed E-state index contributed by atoms with van der Waals surface area (Å²) in [5.74, 6) is 2.73. The van der Waals surface area contributed by atoms with Gasteiger partial charge in [0.25, 0.3) is 0 Å². The van der Waals surface area contributed by atoms with E-state index in [4.69, 9.17) is 14.1 Å². The van der Waals surface area contributed by atoms with E-state index >= 15 is 0 Å². The van der Waals surface area contributed by atoms with E-state index in [-0.39, 0.29) is 30.0 Å². The third kappa shape index (κ3) is 6.70. The van der Waals surface area contributed by atoms with Gasteiger partial charge in [-0.1, -0.05) is 25.1 Å². The number of guanidine groups is 1. The Morgan fingerprint density at radius 1 is 1.23 bits per heavy atom. The van der Waals surface area contributed by atoms with Crippen LogP contribution in [0.3, 0.4) is 0 Å². The van der Waals surface area contributed by atoms with Crippen molar-refractivity contribution in [3.8, 4) is 5.75 Å². The summed E-state index contributed by atoms with van der Waals surface area (Å²) in [5.41, 5.74) is 1.18. The van der Waals surface area contributed by atoms with Crippen LogP contribution in [-0.2, 0) is 19.3 Å². The number of benzene rings is 1. The van der Waals surface area contributed by atoms with Gasteiger partial charge in [0.15, 0.2) is 5.96 Å². The van der Waals surface area contributed by atoms with Gasteiger partial charge in [-0.25, -0.2) is 4.98 Å². The fourth-order valence-electron chi connectivity index (χ4n) is 3.46. The predicted octanol–water partition coefficient (Wildman–Crippen LogP) is 4.76. The molecule has 0 aliphatic carbocycles. The lowest BCUT2D eigenvalue weighted by atomic mass is 10.0. The average molecular weight is 552 g/mol. The second-order valence-corrected chi connectivity index (χ2v) is 8.38. The molecule has 1 atom stereocenters. The standard InChI is InChI=1S/C23H28N4O2S.HI/c1-2-18-16-26-22(30-18)10-13-25-23(24-12-9-17-6-5-14-28-17)27-20-11-15-29-21-8-4-3-7-19(20)21;/h3-8,14,16,20H,2,9-13,15H2,1H3,(H2,24,25,27);1H. The van der Waals surface area contributed by atoms with Crippen molar-refractivity contribution in [1.29, 1.82) is 0 Å². The van der Waals surface area contributed by atoms with Crippen molar-refractivity contribution in [3.63, 3.8) is 0 Å². The quantitative estimate of drug-likeness (QED) is 0.240. The highest BCUT2D eigenvalue weighted by Gasteiger charge is 2.21. The van der Waals surface area contributed by atoms with Crippen LogP contribution in [0, 0.1) is 0 Å². The first-order chi connectivity index (χ1) is 14.8. The Morgan fingerprint density at radius 3 is 2.94 bits per heavy atom. The molecule has 2 aromatic heterocycles. The third-order valence-electron chi connectivity index (χ3n) is 5.06. The van der Waals surface area contributed by atoms with Crippen LogP contribution in [0.25, 0.3) is 0 Å². The molecule has 0 spiro atoms. The topological polar surface area (TPSA) is 71.7 Å². The molecule has 1 aliphatic heterocycles. The average Bonchev–Trinajstić information content (AvgIpc) is 3.46. The molecule has 4 rings (SSSR count). The maximum Gasteiger partial charge on any atom is 0.191 e. The summed E-state index contributed by atoms with van der Waals surface area (Å²) in [4.78, 5) is 10.7. The van der Waals surface area contributed by atoms with Crippen molar-refractivity contribution >= 4 is 41.3 Å². The summed E-state index contributed by atoms with van der Waals surface area (Å²) in [5, 5.41) is 8.21. The number of ether oxygens (including phenoxy) is 1. The molecule has 31 heavy (non-hydrogen) atoms. The van der Waals surface area contributed by atoms with Crippen LogP contribution in [0.4, 0.5) is 0 Å². The monoisotopic (exact) mass is 552 g/mol. The van der Waals surface area contributed by atoms with E-state index in [1.165, 1.54) is 10.4 Å². The van der Waals surface area contributed by atoms with Gasteiger partial charge < -0.3 is 19.8 Å². The van der Waals surface area contributed by atoms with Gasteiger partial charge in [-0.3, -0.25) is 4.99 Å². The summed E-state index contributed by atoms with van der Waals surface area (Å²) in [7, 11) is 0. The lowest BCUT2D eigenvalue weighted by Crippen LogP contribution is -2.42. The highest BCUT2D eigenvalue weighted by atomic mass is 127. The zero-order valence-electron chi connectivity index (χ0n) is 17.7. The van der Waals surface area contributed by atoms with Crippen LogP contribution >= 0.6 is 35.3 Å². The molecule has 0 saturated carbocycles. The number of aryl methyl sites for hydroxylation is 1. The smallest absolute Gasteiger partial charge is 0.191 e. The Labute approximate surface area is 204 Å². The number of nitrogens with zero attached hydrogens (tertiary/aromatic N) is 2. The molecular weight excluding hydrogens is 523 g/mol. The van der Waals surface area contributed by atoms with Gasteiger partial charge in [-0.05, 0) is 24.6 Å². The van der Waals surface area contributed by atoms with Crippen LogP contribution in [0.1, 0.15) is 40.6 Å². The number of hydrogen-bond donors (Lipinski definition) is 2. The molecule has 1 aromatic carbocycles. The van der Waals surface area contributed by atoms with Gasteiger partial charge in [0.05, 0.1) is 23.9 Å². The molecule has 2 N–H and O–H groups in total. The first-order valence-corrected chi connectivity index (χ1v) is 11.4. The summed E-state index contributed by atoms with van der Waals surface area (Å²) >= 11 is 1.78. The van der Waals surface area contributed by atoms with E-state index in [1.807, 2.05) is 30.5 Å². The van der Waals surface area contributed by atoms with Gasteiger partial charge in [0.1, 0.15) is 11.5 Å². The molecule has 3 aromatic rings. The number of furan rings is 1. The maximum atomic E-state index is 5.80. The first-order valence-electron chi connectivity index (χ1n) is 10.5. The number of para-hydroxylation sites is 1. The number of aromatic nitrogens is 1. The second-order valence-electron chi connectivity index (χ2n) is 7.18. The lowest BCUT2D eigenvalue weighted by Gasteiger charge is -2.28. The largest absolute Gasteiger partial charge is 0.493 e. The van der Waals surface area contributed by atoms with E-state index in [0.29, 0.717) is 13.2 Å². The molecule has 0 radical (unpaired) electrons. The molecule has 0 amide bonds. The van der Waals surface area contributed by atoms with E-state index in [9.17, 15) is 0 Å². The highest BCUT2D eigenvalue weighted by Crippen LogP contribution is 2.31. The van der Waals surface area contributed by atoms with Crippen LogP contribution in [-0.4, -0.2) is 30.6 Å². The van der Waals surface area contributed by atoms with Crippen molar-refractivity contribution < 1.29 is 9.15 Å². The Balaban J connectivity index is 0.00000272. The normalized spacial score (nSPS) is 15.5. The van der Waals surface area contributed by atoms with Gasteiger partial charge in [0.2, 0.25) is 0 Å². The fourth-order valence-corrected chi connectivity index (χ4v) is 4.31. The van der Waals surface area contributed by atoms with Crippen molar-refractivity contribution in [2.75, 3.05) is 19.7 Å². The molecular formula is C23H29IN4O2S. The Kier molecular flexibility index (Phi) is 9.20.